The highest BCUT2D eigenvalue weighted by molar-refractivity contribution is 5.95. The molecule has 0 bridgehead atoms. The molecule has 3 N–H and O–H groups in total. The quantitative estimate of drug-likeness (QED) is 0.467. The summed E-state index contributed by atoms with van der Waals surface area (Å²) < 4.78 is 10.3. The van der Waals surface area contributed by atoms with E-state index >= 15 is 0 Å². The molecule has 1 heterocycles. The largest absolute Gasteiger partial charge is 0.497 e. The molecule has 0 aliphatic heterocycles. The smallest absolute Gasteiger partial charge is 0.321 e. The number of methoxy groups -OCH3 is 1. The van der Waals surface area contributed by atoms with Crippen LogP contribution in [0.5, 0.6) is 5.75 Å². The number of hydrogen-bond acceptors (Lipinski definition) is 5. The first-order valence-electron chi connectivity index (χ1n) is 10.4. The van der Waals surface area contributed by atoms with Gasteiger partial charge in [-0.05, 0) is 61.7 Å². The van der Waals surface area contributed by atoms with Gasteiger partial charge in [-0.15, -0.1) is 0 Å². The van der Waals surface area contributed by atoms with Gasteiger partial charge in [0.15, 0.2) is 6.61 Å². The Bertz CT molecular complexity index is 1100. The molecule has 3 aromatic rings. The van der Waals surface area contributed by atoms with Gasteiger partial charge in [-0.1, -0.05) is 18.2 Å². The number of aryl methyl sites for hydroxylation is 1. The van der Waals surface area contributed by atoms with Crippen LogP contribution in [0.1, 0.15) is 25.8 Å². The average molecular weight is 437 g/mol. The van der Waals surface area contributed by atoms with Crippen LogP contribution >= 0.6 is 0 Å². The van der Waals surface area contributed by atoms with E-state index in [1.165, 1.54) is 0 Å². The molecule has 32 heavy (non-hydrogen) atoms. The van der Waals surface area contributed by atoms with Crippen LogP contribution in [-0.2, 0) is 20.7 Å². The molecule has 168 valence electrons. The summed E-state index contributed by atoms with van der Waals surface area (Å²) in [7, 11) is 1.62. The van der Waals surface area contributed by atoms with Crippen molar-refractivity contribution in [1.29, 1.82) is 0 Å². The molecule has 8 heteroatoms. The third kappa shape index (κ3) is 5.87. The molecule has 3 rings (SSSR count). The Hall–Kier alpha value is -3.81. The summed E-state index contributed by atoms with van der Waals surface area (Å²) in [6, 6.07) is 14.8. The number of amides is 3. The van der Waals surface area contributed by atoms with Crippen LogP contribution in [0.15, 0.2) is 48.5 Å². The summed E-state index contributed by atoms with van der Waals surface area (Å²) in [5.74, 6) is -0.437. The molecular weight excluding hydrogens is 410 g/mol. The van der Waals surface area contributed by atoms with Gasteiger partial charge in [-0.25, -0.2) is 4.79 Å². The number of H-pyrrole nitrogens is 1. The number of imide groups is 1. The van der Waals surface area contributed by atoms with E-state index in [1.807, 2.05) is 48.5 Å². The first-order chi connectivity index (χ1) is 15.4. The lowest BCUT2D eigenvalue weighted by molar-refractivity contribution is -0.148. The second-order valence-corrected chi connectivity index (χ2v) is 7.59. The third-order valence-corrected chi connectivity index (χ3v) is 4.81. The molecule has 0 unspecified atom stereocenters. The van der Waals surface area contributed by atoms with E-state index in [-0.39, 0.29) is 12.5 Å². The lowest BCUT2D eigenvalue weighted by Crippen LogP contribution is -2.44. The van der Waals surface area contributed by atoms with Crippen molar-refractivity contribution in [2.75, 3.05) is 13.7 Å². The summed E-state index contributed by atoms with van der Waals surface area (Å²) in [5, 5.41) is 5.67. The first-order valence-corrected chi connectivity index (χ1v) is 10.4. The molecule has 0 saturated carbocycles. The van der Waals surface area contributed by atoms with Gasteiger partial charge >= 0.3 is 12.0 Å². The molecule has 2 aromatic carbocycles. The van der Waals surface area contributed by atoms with Crippen LogP contribution in [0.2, 0.25) is 0 Å². The predicted octanol–water partition coefficient (Wildman–Crippen LogP) is 3.55. The standard InChI is InChI=1S/C24H27N3O5/c1-15(2)25-24(30)27-21(28)14-32-22(29)13-12-19-18-6-4-5-7-20(18)26-23(19)16-8-10-17(31-3)11-9-16/h4-11,15,26H,12-14H2,1-3H3,(H2,25,27,28,30). The Morgan fingerprint density at radius 2 is 1.75 bits per heavy atom. The fourth-order valence-corrected chi connectivity index (χ4v) is 3.37. The number of aromatic amines is 1. The van der Waals surface area contributed by atoms with Crippen molar-refractivity contribution in [2.45, 2.75) is 32.7 Å². The Morgan fingerprint density at radius 3 is 2.44 bits per heavy atom. The lowest BCUT2D eigenvalue weighted by atomic mass is 10.0. The number of hydrogen-bond donors (Lipinski definition) is 3. The number of nitrogens with one attached hydrogen (secondary N) is 3. The number of para-hydroxylation sites is 1. The summed E-state index contributed by atoms with van der Waals surface area (Å²) >= 11 is 0. The number of rotatable bonds is 8. The van der Waals surface area contributed by atoms with Gasteiger partial charge in [0.1, 0.15) is 5.75 Å². The van der Waals surface area contributed by atoms with E-state index in [0.29, 0.717) is 6.42 Å². The predicted molar refractivity (Wildman–Crippen MR) is 121 cm³/mol. The monoisotopic (exact) mass is 437 g/mol. The summed E-state index contributed by atoms with van der Waals surface area (Å²) in [6.07, 6.45) is 0.524. The van der Waals surface area contributed by atoms with Gasteiger partial charge in [-0.3, -0.25) is 14.9 Å². The fraction of sp³-hybridized carbons (Fsp3) is 0.292. The maximum atomic E-state index is 12.2. The van der Waals surface area contributed by atoms with Crippen molar-refractivity contribution in [3.63, 3.8) is 0 Å². The zero-order valence-corrected chi connectivity index (χ0v) is 18.4. The van der Waals surface area contributed by atoms with Crippen LogP contribution in [0.3, 0.4) is 0 Å². The van der Waals surface area contributed by atoms with E-state index in [9.17, 15) is 14.4 Å². The highest BCUT2D eigenvalue weighted by Crippen LogP contribution is 2.32. The van der Waals surface area contributed by atoms with E-state index in [4.69, 9.17) is 9.47 Å². The summed E-state index contributed by atoms with van der Waals surface area (Å²) in [4.78, 5) is 39.0. The Kier molecular flexibility index (Phi) is 7.49. The SMILES string of the molecule is COc1ccc(-c2[nH]c3ccccc3c2CCC(=O)OCC(=O)NC(=O)NC(C)C)cc1. The minimum Gasteiger partial charge on any atom is -0.497 e. The molecule has 0 aliphatic rings. The van der Waals surface area contributed by atoms with E-state index in [0.717, 1.165) is 33.5 Å². The zero-order chi connectivity index (χ0) is 23.1. The molecule has 0 radical (unpaired) electrons. The van der Waals surface area contributed by atoms with Crippen molar-refractivity contribution in [1.82, 2.24) is 15.6 Å². The molecule has 0 atom stereocenters. The van der Waals surface area contributed by atoms with Crippen LogP contribution in [0, 0.1) is 0 Å². The van der Waals surface area contributed by atoms with Crippen molar-refractivity contribution >= 4 is 28.8 Å². The van der Waals surface area contributed by atoms with E-state index < -0.39 is 24.5 Å². The maximum Gasteiger partial charge on any atom is 0.321 e. The van der Waals surface area contributed by atoms with E-state index in [2.05, 4.69) is 15.6 Å². The van der Waals surface area contributed by atoms with Gasteiger partial charge < -0.3 is 19.8 Å². The van der Waals surface area contributed by atoms with Gasteiger partial charge in [0.25, 0.3) is 5.91 Å². The summed E-state index contributed by atoms with van der Waals surface area (Å²) in [5.41, 5.74) is 3.85. The number of urea groups is 1. The minimum absolute atomic E-state index is 0.0937. The Balaban J connectivity index is 1.66. The number of esters is 1. The Morgan fingerprint density at radius 1 is 1.03 bits per heavy atom. The molecule has 0 spiro atoms. The molecule has 0 aliphatic carbocycles. The number of fused-ring (bicyclic) bond motifs is 1. The molecular formula is C24H27N3O5. The second kappa shape index (κ2) is 10.5. The second-order valence-electron chi connectivity index (χ2n) is 7.59. The van der Waals surface area contributed by atoms with Crippen LogP contribution < -0.4 is 15.4 Å². The van der Waals surface area contributed by atoms with Crippen molar-refractivity contribution in [2.24, 2.45) is 0 Å². The number of carbonyl (C=O) groups excluding carboxylic acids is 3. The topological polar surface area (TPSA) is 110 Å². The number of benzene rings is 2. The average Bonchev–Trinajstić information content (AvgIpc) is 3.14. The highest BCUT2D eigenvalue weighted by atomic mass is 16.5. The third-order valence-electron chi connectivity index (χ3n) is 4.81. The zero-order valence-electron chi connectivity index (χ0n) is 18.4. The summed E-state index contributed by atoms with van der Waals surface area (Å²) in [6.45, 7) is 3.04. The lowest BCUT2D eigenvalue weighted by Gasteiger charge is -2.10. The normalized spacial score (nSPS) is 10.8. The Labute approximate surface area is 186 Å². The van der Waals surface area contributed by atoms with Crippen molar-refractivity contribution < 1.29 is 23.9 Å². The number of carbonyl (C=O) groups is 3. The maximum absolute atomic E-state index is 12.2. The van der Waals surface area contributed by atoms with Crippen LogP contribution in [0.4, 0.5) is 4.79 Å². The molecule has 3 amide bonds. The van der Waals surface area contributed by atoms with Crippen molar-refractivity contribution in [3.8, 4) is 17.0 Å². The van der Waals surface area contributed by atoms with E-state index in [1.54, 1.807) is 21.0 Å². The number of ether oxygens (including phenoxy) is 2. The van der Waals surface area contributed by atoms with Gasteiger partial charge in [0, 0.05) is 29.1 Å². The molecule has 0 fully saturated rings. The van der Waals surface area contributed by atoms with Gasteiger partial charge in [0.2, 0.25) is 0 Å². The minimum atomic E-state index is -0.678. The fourth-order valence-electron chi connectivity index (χ4n) is 3.37. The van der Waals surface area contributed by atoms with Gasteiger partial charge in [0.05, 0.1) is 7.11 Å². The molecule has 8 nitrogen and oxygen atoms in total. The molecule has 0 saturated heterocycles. The number of aromatic nitrogens is 1. The van der Waals surface area contributed by atoms with Gasteiger partial charge in [-0.2, -0.15) is 0 Å². The van der Waals surface area contributed by atoms with Crippen molar-refractivity contribution in [3.05, 3.63) is 54.1 Å². The van der Waals surface area contributed by atoms with Crippen LogP contribution in [0.25, 0.3) is 22.2 Å². The first kappa shape index (κ1) is 22.9. The van der Waals surface area contributed by atoms with Crippen LogP contribution in [-0.4, -0.2) is 42.7 Å². The highest BCUT2D eigenvalue weighted by Gasteiger charge is 2.16. The molecule has 1 aromatic heterocycles.